The largest absolute Gasteiger partial charge is 0.418 e. The lowest BCUT2D eigenvalue weighted by atomic mass is 9.77. The van der Waals surface area contributed by atoms with Crippen molar-refractivity contribution < 1.29 is 26.7 Å². The zero-order chi connectivity index (χ0) is 25.4. The van der Waals surface area contributed by atoms with Gasteiger partial charge in [0, 0.05) is 24.6 Å². The molecule has 1 heterocycles. The Bertz CT molecular complexity index is 1430. The summed E-state index contributed by atoms with van der Waals surface area (Å²) in [4.78, 5) is 4.09. The number of aryl methyl sites for hydroxylation is 1. The Balaban J connectivity index is 2.08. The van der Waals surface area contributed by atoms with Gasteiger partial charge in [-0.2, -0.15) is 13.2 Å². The van der Waals surface area contributed by atoms with Crippen LogP contribution in [0.25, 0.3) is 16.5 Å². The van der Waals surface area contributed by atoms with Crippen molar-refractivity contribution in [1.29, 1.82) is 0 Å². The second kappa shape index (κ2) is 9.24. The van der Waals surface area contributed by atoms with Crippen molar-refractivity contribution in [2.75, 3.05) is 12.4 Å². The van der Waals surface area contributed by atoms with Crippen molar-refractivity contribution in [1.82, 2.24) is 4.98 Å². The van der Waals surface area contributed by atoms with Crippen LogP contribution in [0.1, 0.15) is 42.0 Å². The fraction of sp³-hybridized carbons (Fsp3) is 0.296. The van der Waals surface area contributed by atoms with Gasteiger partial charge in [-0.15, -0.1) is 0 Å². The Morgan fingerprint density at radius 1 is 1.03 bits per heavy atom. The molecule has 0 saturated heterocycles. The third kappa shape index (κ3) is 4.29. The number of para-hydroxylation sites is 1. The number of hydrogen-bond acceptors (Lipinski definition) is 4. The van der Waals surface area contributed by atoms with Crippen LogP contribution in [-0.4, -0.2) is 30.9 Å². The minimum absolute atomic E-state index is 0.0254. The summed E-state index contributed by atoms with van der Waals surface area (Å²) in [5.41, 5.74) is 1.73. The molecule has 0 fully saturated rings. The van der Waals surface area contributed by atoms with Crippen molar-refractivity contribution in [2.45, 2.75) is 37.6 Å². The number of benzene rings is 2. The van der Waals surface area contributed by atoms with Gasteiger partial charge in [-0.3, -0.25) is 4.98 Å². The maximum atomic E-state index is 14.1. The zero-order valence-corrected chi connectivity index (χ0v) is 20.2. The molecule has 1 aliphatic carbocycles. The van der Waals surface area contributed by atoms with Crippen molar-refractivity contribution in [3.8, 4) is 0 Å². The molecular formula is C27H26F3NO3S. The van der Waals surface area contributed by atoms with Crippen LogP contribution in [0.2, 0.25) is 0 Å². The first-order chi connectivity index (χ1) is 16.5. The van der Waals surface area contributed by atoms with Gasteiger partial charge in [0.2, 0.25) is 0 Å². The molecule has 35 heavy (non-hydrogen) atoms. The summed E-state index contributed by atoms with van der Waals surface area (Å²) >= 11 is 0. The van der Waals surface area contributed by atoms with E-state index in [9.17, 15) is 26.7 Å². The normalized spacial score (nSPS) is 18.9. The van der Waals surface area contributed by atoms with E-state index in [1.165, 1.54) is 18.3 Å². The molecule has 0 amide bonds. The van der Waals surface area contributed by atoms with Crippen LogP contribution in [0.3, 0.4) is 0 Å². The molecule has 0 spiro atoms. The van der Waals surface area contributed by atoms with E-state index in [1.807, 2.05) is 36.4 Å². The molecule has 0 radical (unpaired) electrons. The number of sulfone groups is 1. The number of allylic oxidation sites excluding steroid dienone is 3. The highest BCUT2D eigenvalue weighted by Crippen LogP contribution is 2.51. The lowest BCUT2D eigenvalue weighted by molar-refractivity contribution is -0.136. The molecule has 184 valence electrons. The summed E-state index contributed by atoms with van der Waals surface area (Å²) in [5.74, 6) is -0.307. The van der Waals surface area contributed by atoms with Crippen molar-refractivity contribution in [2.24, 2.45) is 0 Å². The quantitative estimate of drug-likeness (QED) is 0.451. The fourth-order valence-electron chi connectivity index (χ4n) is 4.99. The number of aromatic nitrogens is 1. The highest BCUT2D eigenvalue weighted by Gasteiger charge is 2.50. The number of fused-ring (bicyclic) bond motifs is 1. The topological polar surface area (TPSA) is 67.3 Å². The van der Waals surface area contributed by atoms with Gasteiger partial charge in [-0.05, 0) is 54.2 Å². The Morgan fingerprint density at radius 3 is 2.40 bits per heavy atom. The van der Waals surface area contributed by atoms with Crippen LogP contribution in [-0.2, 0) is 20.8 Å². The average Bonchev–Trinajstić information content (AvgIpc) is 2.83. The van der Waals surface area contributed by atoms with Crippen LogP contribution >= 0.6 is 0 Å². The van der Waals surface area contributed by atoms with Crippen LogP contribution in [0.5, 0.6) is 0 Å². The predicted octanol–water partition coefficient (Wildman–Crippen LogP) is 5.99. The maximum Gasteiger partial charge on any atom is 0.418 e. The summed E-state index contributed by atoms with van der Waals surface area (Å²) in [6, 6.07) is 13.1. The Hall–Kier alpha value is -2.97. The Labute approximate surface area is 202 Å². The first-order valence-electron chi connectivity index (χ1n) is 11.3. The molecule has 4 rings (SSSR count). The standard InChI is InChI=1S/C27H26F3NO3S/c1-18-17-31-25-22(10-6-11-23(25)27(28,29)30)24(18)26(35(33,34)15-7-14-32)16-21(13-12-19(26)2)20-8-4-3-5-9-20/h3-6,8-13,17,32H,7,14-16H2,1-2H3. The second-order valence-corrected chi connectivity index (χ2v) is 11.2. The smallest absolute Gasteiger partial charge is 0.396 e. The van der Waals surface area contributed by atoms with E-state index in [-0.39, 0.29) is 36.1 Å². The molecule has 1 N–H and O–H groups in total. The Morgan fingerprint density at radius 2 is 1.74 bits per heavy atom. The van der Waals surface area contributed by atoms with Crippen LogP contribution in [0, 0.1) is 6.92 Å². The van der Waals surface area contributed by atoms with Crippen LogP contribution in [0.15, 0.2) is 72.5 Å². The monoisotopic (exact) mass is 501 g/mol. The molecule has 2 aromatic carbocycles. The molecule has 4 nitrogen and oxygen atoms in total. The molecule has 0 aliphatic heterocycles. The second-order valence-electron chi connectivity index (χ2n) is 8.82. The molecular weight excluding hydrogens is 475 g/mol. The molecule has 1 aliphatic rings. The Kier molecular flexibility index (Phi) is 6.64. The van der Waals surface area contributed by atoms with Gasteiger partial charge in [0.25, 0.3) is 0 Å². The van der Waals surface area contributed by atoms with E-state index in [2.05, 4.69) is 4.98 Å². The molecule has 8 heteroatoms. The van der Waals surface area contributed by atoms with Crippen molar-refractivity contribution in [3.05, 3.63) is 94.7 Å². The van der Waals surface area contributed by atoms with E-state index in [0.717, 1.165) is 17.2 Å². The fourth-order valence-corrected chi connectivity index (χ4v) is 7.36. The number of alkyl halides is 3. The highest BCUT2D eigenvalue weighted by atomic mass is 32.2. The molecule has 1 atom stereocenters. The number of hydrogen-bond donors (Lipinski definition) is 1. The zero-order valence-electron chi connectivity index (χ0n) is 19.4. The van der Waals surface area contributed by atoms with Gasteiger partial charge in [-0.1, -0.05) is 54.6 Å². The van der Waals surface area contributed by atoms with Crippen LogP contribution in [0.4, 0.5) is 13.2 Å². The van der Waals surface area contributed by atoms with E-state index >= 15 is 0 Å². The SMILES string of the molecule is CC1=CC=C(c2ccccc2)CC1(c1c(C)cnc2c(C(F)(F)F)cccc12)S(=O)(=O)CCCO. The maximum absolute atomic E-state index is 14.1. The first-order valence-corrected chi connectivity index (χ1v) is 12.9. The lowest BCUT2D eigenvalue weighted by Crippen LogP contribution is -2.41. The number of pyridine rings is 1. The van der Waals surface area contributed by atoms with Gasteiger partial charge >= 0.3 is 6.18 Å². The third-order valence-electron chi connectivity index (χ3n) is 6.65. The molecule has 1 unspecified atom stereocenters. The average molecular weight is 502 g/mol. The van der Waals surface area contributed by atoms with E-state index in [1.54, 1.807) is 19.9 Å². The highest BCUT2D eigenvalue weighted by molar-refractivity contribution is 7.92. The minimum atomic E-state index is -4.64. The first kappa shape index (κ1) is 25.1. The minimum Gasteiger partial charge on any atom is -0.396 e. The lowest BCUT2D eigenvalue weighted by Gasteiger charge is -2.39. The molecule has 0 saturated carbocycles. The van der Waals surface area contributed by atoms with Crippen molar-refractivity contribution >= 4 is 26.3 Å². The van der Waals surface area contributed by atoms with Gasteiger partial charge in [0.1, 0.15) is 4.75 Å². The number of nitrogens with zero attached hydrogens (tertiary/aromatic N) is 1. The summed E-state index contributed by atoms with van der Waals surface area (Å²) in [6.07, 6.45) is 0.366. The predicted molar refractivity (Wildman–Crippen MR) is 131 cm³/mol. The van der Waals surface area contributed by atoms with Gasteiger partial charge < -0.3 is 5.11 Å². The third-order valence-corrected chi connectivity index (χ3v) is 9.21. The number of aliphatic hydroxyl groups excluding tert-OH is 1. The van der Waals surface area contributed by atoms with E-state index in [0.29, 0.717) is 16.7 Å². The van der Waals surface area contributed by atoms with Gasteiger partial charge in [0.05, 0.1) is 16.8 Å². The number of rotatable bonds is 6. The molecule has 0 bridgehead atoms. The van der Waals surface area contributed by atoms with Gasteiger partial charge in [0.15, 0.2) is 9.84 Å². The van der Waals surface area contributed by atoms with E-state index in [4.69, 9.17) is 0 Å². The summed E-state index contributed by atoms with van der Waals surface area (Å²) in [7, 11) is -3.99. The molecule has 3 aromatic rings. The van der Waals surface area contributed by atoms with Gasteiger partial charge in [-0.25, -0.2) is 8.42 Å². The summed E-state index contributed by atoms with van der Waals surface area (Å²) < 4.78 is 68.1. The van der Waals surface area contributed by atoms with Crippen LogP contribution < -0.4 is 0 Å². The molecule has 1 aromatic heterocycles. The van der Waals surface area contributed by atoms with Crippen molar-refractivity contribution in [3.63, 3.8) is 0 Å². The summed E-state index contributed by atoms with van der Waals surface area (Å²) in [5, 5.41) is 9.57. The summed E-state index contributed by atoms with van der Waals surface area (Å²) in [6.45, 7) is 3.07. The van der Waals surface area contributed by atoms with E-state index < -0.39 is 26.3 Å². The number of halogens is 3. The number of aliphatic hydroxyl groups is 1.